The van der Waals surface area contributed by atoms with E-state index in [1.165, 1.54) is 0 Å². The topological polar surface area (TPSA) is 141 Å². The summed E-state index contributed by atoms with van der Waals surface area (Å²) in [6.45, 7) is 11.8. The molecular formula is C30H47N3O8S. The second-order valence-corrected chi connectivity index (χ2v) is 12.9. The number of rotatable bonds is 14. The second kappa shape index (κ2) is 16.7. The Labute approximate surface area is 253 Å². The lowest BCUT2D eigenvalue weighted by Crippen LogP contribution is -2.54. The summed E-state index contributed by atoms with van der Waals surface area (Å²) in [4.78, 5) is 49.9. The number of benzene rings is 1. The molecule has 12 heteroatoms. The first kappa shape index (κ1) is 35.4. The second-order valence-electron chi connectivity index (χ2n) is 11.8. The zero-order valence-corrected chi connectivity index (χ0v) is 26.7. The fraction of sp³-hybridized carbons (Fsp3) is 0.667. The van der Waals surface area contributed by atoms with Crippen molar-refractivity contribution in [3.05, 3.63) is 29.8 Å². The minimum atomic E-state index is -0.731. The van der Waals surface area contributed by atoms with E-state index in [1.54, 1.807) is 27.9 Å². The average Bonchev–Trinajstić information content (AvgIpc) is 2.91. The quantitative estimate of drug-likeness (QED) is 0.270. The lowest BCUT2D eigenvalue weighted by atomic mass is 9.85. The van der Waals surface area contributed by atoms with E-state index >= 15 is 0 Å². The predicted octanol–water partition coefficient (Wildman–Crippen LogP) is 3.58. The molecule has 236 valence electrons. The molecule has 1 aliphatic rings. The van der Waals surface area contributed by atoms with Gasteiger partial charge in [-0.2, -0.15) is 0 Å². The number of hydrogen-bond donors (Lipinski definition) is 3. The van der Waals surface area contributed by atoms with Crippen LogP contribution in [0.1, 0.15) is 66.4 Å². The number of ether oxygens (including phenoxy) is 4. The molecule has 3 N–H and O–H groups in total. The summed E-state index contributed by atoms with van der Waals surface area (Å²) in [6, 6.07) is 6.92. The lowest BCUT2D eigenvalue weighted by Gasteiger charge is -2.41. The molecule has 2 unspecified atom stereocenters. The van der Waals surface area contributed by atoms with Gasteiger partial charge in [0, 0.05) is 37.1 Å². The van der Waals surface area contributed by atoms with E-state index < -0.39 is 35.5 Å². The number of nitrogens with one attached hydrogen (secondary N) is 3. The Hall–Kier alpha value is -2.83. The molecule has 1 aromatic carbocycles. The van der Waals surface area contributed by atoms with Crippen LogP contribution in [0.5, 0.6) is 5.75 Å². The van der Waals surface area contributed by atoms with Crippen LogP contribution in [0.25, 0.3) is 0 Å². The maximum absolute atomic E-state index is 13.0. The average molecular weight is 610 g/mol. The summed E-state index contributed by atoms with van der Waals surface area (Å²) < 4.78 is 22.3. The molecule has 0 saturated carbocycles. The van der Waals surface area contributed by atoms with Crippen molar-refractivity contribution in [3.63, 3.8) is 0 Å². The Morgan fingerprint density at radius 3 is 2.40 bits per heavy atom. The fourth-order valence-corrected chi connectivity index (χ4v) is 4.93. The van der Waals surface area contributed by atoms with Gasteiger partial charge < -0.3 is 34.9 Å². The molecule has 1 aromatic rings. The first-order valence-electron chi connectivity index (χ1n) is 14.3. The van der Waals surface area contributed by atoms with E-state index in [0.29, 0.717) is 31.6 Å². The minimum Gasteiger partial charge on any atom is -0.497 e. The number of carbonyl (C=O) groups excluding carboxylic acids is 4. The largest absolute Gasteiger partial charge is 0.497 e. The van der Waals surface area contributed by atoms with Crippen LogP contribution in [-0.2, 0) is 35.0 Å². The van der Waals surface area contributed by atoms with Crippen molar-refractivity contribution in [1.82, 2.24) is 16.0 Å². The van der Waals surface area contributed by atoms with Crippen molar-refractivity contribution < 1.29 is 38.1 Å². The molecule has 3 atom stereocenters. The number of carbonyl (C=O) groups is 4. The Balaban J connectivity index is 1.71. The molecule has 2 rings (SSSR count). The first-order chi connectivity index (χ1) is 19.7. The van der Waals surface area contributed by atoms with E-state index in [2.05, 4.69) is 16.0 Å². The zero-order chi connectivity index (χ0) is 31.3. The molecule has 0 aromatic heterocycles. The van der Waals surface area contributed by atoms with E-state index in [1.807, 2.05) is 45.0 Å². The Morgan fingerprint density at radius 2 is 1.79 bits per heavy atom. The van der Waals surface area contributed by atoms with Crippen molar-refractivity contribution in [2.75, 3.05) is 32.6 Å². The van der Waals surface area contributed by atoms with Gasteiger partial charge in [0.15, 0.2) is 6.29 Å². The number of methoxy groups -OCH3 is 1. The van der Waals surface area contributed by atoms with Crippen LogP contribution in [-0.4, -0.2) is 79.6 Å². The van der Waals surface area contributed by atoms with E-state index in [0.717, 1.165) is 23.1 Å². The van der Waals surface area contributed by atoms with Gasteiger partial charge in [0.25, 0.3) is 0 Å². The fourth-order valence-electron chi connectivity index (χ4n) is 4.15. The Bertz CT molecular complexity index is 1040. The highest BCUT2D eigenvalue weighted by Crippen LogP contribution is 2.31. The van der Waals surface area contributed by atoms with Crippen molar-refractivity contribution in [2.45, 2.75) is 91.3 Å². The highest BCUT2D eigenvalue weighted by molar-refractivity contribution is 8.13. The third-order valence-electron chi connectivity index (χ3n) is 6.31. The van der Waals surface area contributed by atoms with Gasteiger partial charge in [-0.15, -0.1) is 0 Å². The van der Waals surface area contributed by atoms with E-state index in [9.17, 15) is 19.2 Å². The first-order valence-corrected chi connectivity index (χ1v) is 15.3. The SMILES string of the molecule is CCCC(NC(=O)OC(C)(C)C)C(=O)SCCNC(=O)CCNC(=O)[C@@H]1OC(Cc2ccc(OC)cc2)OCC1(C)C. The third-order valence-corrected chi connectivity index (χ3v) is 7.29. The van der Waals surface area contributed by atoms with Gasteiger partial charge in [-0.05, 0) is 44.9 Å². The van der Waals surface area contributed by atoms with Crippen LogP contribution in [0, 0.1) is 5.41 Å². The minimum absolute atomic E-state index is 0.0853. The molecule has 11 nitrogen and oxygen atoms in total. The van der Waals surface area contributed by atoms with Gasteiger partial charge >= 0.3 is 6.09 Å². The summed E-state index contributed by atoms with van der Waals surface area (Å²) in [5.74, 6) is 0.570. The Morgan fingerprint density at radius 1 is 1.10 bits per heavy atom. The van der Waals surface area contributed by atoms with Crippen LogP contribution in [0.2, 0.25) is 0 Å². The molecule has 1 fully saturated rings. The normalized spacial score (nSPS) is 18.8. The number of thioether (sulfide) groups is 1. The van der Waals surface area contributed by atoms with Crippen molar-refractivity contribution in [1.29, 1.82) is 0 Å². The molecule has 0 bridgehead atoms. The summed E-state index contributed by atoms with van der Waals surface area (Å²) in [5, 5.41) is 8.01. The maximum Gasteiger partial charge on any atom is 0.408 e. The van der Waals surface area contributed by atoms with Crippen LogP contribution in [0.3, 0.4) is 0 Å². The van der Waals surface area contributed by atoms with Gasteiger partial charge in [-0.1, -0.05) is 51.1 Å². The van der Waals surface area contributed by atoms with Crippen molar-refractivity contribution in [2.24, 2.45) is 5.41 Å². The van der Waals surface area contributed by atoms with Gasteiger partial charge in [0.1, 0.15) is 23.5 Å². The molecule has 1 saturated heterocycles. The highest BCUT2D eigenvalue weighted by atomic mass is 32.2. The summed E-state index contributed by atoms with van der Waals surface area (Å²) >= 11 is 1.05. The molecule has 0 radical (unpaired) electrons. The molecule has 0 aliphatic carbocycles. The summed E-state index contributed by atoms with van der Waals surface area (Å²) in [6.07, 6.45) is -0.146. The molecule has 1 aliphatic heterocycles. The maximum atomic E-state index is 13.0. The van der Waals surface area contributed by atoms with Crippen LogP contribution < -0.4 is 20.7 Å². The van der Waals surface area contributed by atoms with Crippen LogP contribution in [0.4, 0.5) is 4.79 Å². The molecule has 0 spiro atoms. The van der Waals surface area contributed by atoms with Crippen molar-refractivity contribution >= 4 is 34.8 Å². The predicted molar refractivity (Wildman–Crippen MR) is 161 cm³/mol. The standard InChI is InChI=1S/C30H47N3O8S/c1-8-9-22(33-28(37)41-29(2,3)4)27(36)42-17-16-31-23(34)14-15-32-26(35)25-30(5,6)19-39-24(40-25)18-20-10-12-21(38-7)13-11-20/h10-13,22,24-25H,8-9,14-19H2,1-7H3,(H,31,34)(H,32,35)(H,33,37)/t22?,24?,25-/m0/s1. The highest BCUT2D eigenvalue weighted by Gasteiger charge is 2.42. The van der Waals surface area contributed by atoms with E-state index in [4.69, 9.17) is 18.9 Å². The smallest absolute Gasteiger partial charge is 0.408 e. The number of hydrogen-bond acceptors (Lipinski definition) is 9. The van der Waals surface area contributed by atoms with E-state index in [-0.39, 0.29) is 36.4 Å². The third kappa shape index (κ3) is 12.6. The lowest BCUT2D eigenvalue weighted by molar-refractivity contribution is -0.253. The van der Waals surface area contributed by atoms with Gasteiger partial charge in [-0.3, -0.25) is 14.4 Å². The summed E-state index contributed by atoms with van der Waals surface area (Å²) in [5.41, 5.74) is -0.202. The zero-order valence-electron chi connectivity index (χ0n) is 25.9. The number of amides is 3. The molecular weight excluding hydrogens is 562 g/mol. The van der Waals surface area contributed by atoms with Crippen molar-refractivity contribution in [3.8, 4) is 5.75 Å². The molecule has 3 amide bonds. The van der Waals surface area contributed by atoms with Gasteiger partial charge in [0.05, 0.1) is 13.7 Å². The summed E-state index contributed by atoms with van der Waals surface area (Å²) in [7, 11) is 1.61. The number of alkyl carbamates (subject to hydrolysis) is 1. The molecule has 42 heavy (non-hydrogen) atoms. The van der Waals surface area contributed by atoms with Gasteiger partial charge in [0.2, 0.25) is 16.9 Å². The van der Waals surface area contributed by atoms with Crippen LogP contribution in [0.15, 0.2) is 24.3 Å². The Kier molecular flexibility index (Phi) is 14.1. The monoisotopic (exact) mass is 609 g/mol. The molecule has 1 heterocycles. The van der Waals surface area contributed by atoms with Gasteiger partial charge in [-0.25, -0.2) is 4.79 Å². The van der Waals surface area contributed by atoms with Crippen LogP contribution >= 0.6 is 11.8 Å².